The van der Waals surface area contributed by atoms with E-state index in [4.69, 9.17) is 35.2 Å². The smallest absolute Gasteiger partial charge is 0.469 e. The van der Waals surface area contributed by atoms with E-state index in [1.165, 1.54) is 12.3 Å². The van der Waals surface area contributed by atoms with Crippen LogP contribution in [0.15, 0.2) is 17.1 Å². The number of aliphatic hydroxyl groups is 7. The van der Waals surface area contributed by atoms with Crippen molar-refractivity contribution in [3.05, 3.63) is 22.7 Å². The number of nitrogen functional groups attached to an aromatic ring is 1. The largest absolute Gasteiger partial charge is 0.477 e. The van der Waals surface area contributed by atoms with E-state index in [2.05, 4.69) is 14.8 Å². The maximum absolute atomic E-state index is 11.6. The van der Waals surface area contributed by atoms with Gasteiger partial charge in [0.25, 0.3) is 5.79 Å². The van der Waals surface area contributed by atoms with Crippen LogP contribution in [0.4, 0.5) is 5.82 Å². The molecule has 0 saturated carbocycles. The molecule has 42 heavy (non-hydrogen) atoms. The molecule has 1 unspecified atom stereocenters. The minimum Gasteiger partial charge on any atom is -0.477 e. The average molecular weight is 632 g/mol. The summed E-state index contributed by atoms with van der Waals surface area (Å²) in [5.74, 6) is -5.20. The Morgan fingerprint density at radius 1 is 1.29 bits per heavy atom. The van der Waals surface area contributed by atoms with Crippen molar-refractivity contribution in [2.75, 3.05) is 18.9 Å². The van der Waals surface area contributed by atoms with Gasteiger partial charge in [0.2, 0.25) is 5.91 Å². The quantitative estimate of drug-likeness (QED) is 0.113. The molecule has 0 radical (unpaired) electrons. The number of nitrogens with one attached hydrogen (secondary N) is 1. The number of aliphatic hydroxyl groups excluding tert-OH is 6. The molecule has 2 aliphatic rings. The summed E-state index contributed by atoms with van der Waals surface area (Å²) in [5.41, 5.74) is 4.52. The zero-order valence-electron chi connectivity index (χ0n) is 21.7. The van der Waals surface area contributed by atoms with E-state index in [1.807, 2.05) is 0 Å². The molecule has 10 atom stereocenters. The van der Waals surface area contributed by atoms with E-state index in [0.717, 1.165) is 11.5 Å². The number of carboxylic acids is 1. The molecule has 2 fully saturated rings. The summed E-state index contributed by atoms with van der Waals surface area (Å²) in [6.07, 6.45) is -11.8. The highest BCUT2D eigenvalue weighted by molar-refractivity contribution is 7.46. The van der Waals surface area contributed by atoms with Crippen molar-refractivity contribution < 1.29 is 78.8 Å². The minimum atomic E-state index is -4.74. The Kier molecular flexibility index (Phi) is 12.0. The normalized spacial score (nSPS) is 32.8. The van der Waals surface area contributed by atoms with Crippen LogP contribution >= 0.6 is 7.82 Å². The third kappa shape index (κ3) is 8.94. The number of anilines is 1. The van der Waals surface area contributed by atoms with Gasteiger partial charge in [-0.15, -0.1) is 0 Å². The lowest BCUT2D eigenvalue weighted by Crippen LogP contribution is -2.67. The standard InChI is InChI=1S/C11H19NO9.C9H14N3O8P/c1-4(14)12-7-5(15)2-11(20,10(18)19)21-9(7)8(17)6(16)3-13;10-5-1-2-12(9(15)11-5)8-7(14)6(13)4(20-8)3-19-21(16,17)18/h5-9,13,15-17,20H,2-3H2,1H3,(H,12,14)(H,18,19);1-2,4,6-8,13-14H,3H2,(H2,10,11,15)(H2,16,17,18)/t5-,6+,7+,8+,9?,11-;4-,6-,7-,8-/m01/s1. The zero-order chi connectivity index (χ0) is 32.2. The lowest BCUT2D eigenvalue weighted by Gasteiger charge is -2.44. The Labute approximate surface area is 235 Å². The Balaban J connectivity index is 0.000000293. The van der Waals surface area contributed by atoms with Crippen molar-refractivity contribution in [1.29, 1.82) is 0 Å². The summed E-state index contributed by atoms with van der Waals surface area (Å²) in [5, 5.41) is 78.6. The van der Waals surface area contributed by atoms with Gasteiger partial charge < -0.3 is 71.2 Å². The number of carboxylic acid groups (broad SMARTS) is 1. The lowest BCUT2D eigenvalue weighted by molar-refractivity contribution is -0.295. The highest BCUT2D eigenvalue weighted by atomic mass is 31.2. The number of hydrogen-bond acceptors (Lipinski definition) is 16. The van der Waals surface area contributed by atoms with E-state index < -0.39 is 106 Å². The highest BCUT2D eigenvalue weighted by Gasteiger charge is 2.54. The Morgan fingerprint density at radius 2 is 1.90 bits per heavy atom. The molecule has 2 saturated heterocycles. The Morgan fingerprint density at radius 3 is 2.40 bits per heavy atom. The van der Waals surface area contributed by atoms with Crippen LogP contribution in [0.1, 0.15) is 19.6 Å². The van der Waals surface area contributed by atoms with E-state index >= 15 is 0 Å². The summed E-state index contributed by atoms with van der Waals surface area (Å²) in [6.45, 7) is -0.401. The molecule has 0 bridgehead atoms. The first-order chi connectivity index (χ1) is 19.3. The first-order valence-corrected chi connectivity index (χ1v) is 13.5. The van der Waals surface area contributed by atoms with Crippen LogP contribution in [-0.4, -0.2) is 140 Å². The van der Waals surface area contributed by atoms with Gasteiger partial charge in [0.1, 0.15) is 42.4 Å². The van der Waals surface area contributed by atoms with Crippen molar-refractivity contribution in [1.82, 2.24) is 14.9 Å². The Hall–Kier alpha value is -2.63. The zero-order valence-corrected chi connectivity index (χ0v) is 22.6. The van der Waals surface area contributed by atoms with Gasteiger partial charge in [-0.1, -0.05) is 0 Å². The number of rotatable bonds is 9. The number of carbonyl (C=O) groups excluding carboxylic acids is 1. The second kappa shape index (κ2) is 14.2. The molecule has 2 aliphatic heterocycles. The summed E-state index contributed by atoms with van der Waals surface area (Å²) >= 11 is 0. The molecule has 0 spiro atoms. The number of nitrogens with zero attached hydrogens (tertiary/aromatic N) is 2. The second-order valence-corrected chi connectivity index (χ2v) is 10.5. The molecule has 22 heteroatoms. The highest BCUT2D eigenvalue weighted by Crippen LogP contribution is 2.38. The molecule has 0 aromatic carbocycles. The van der Waals surface area contributed by atoms with E-state index in [1.54, 1.807) is 0 Å². The summed E-state index contributed by atoms with van der Waals surface area (Å²) in [6, 6.07) is 0.0295. The van der Waals surface area contributed by atoms with Crippen molar-refractivity contribution in [3.8, 4) is 0 Å². The van der Waals surface area contributed by atoms with Crippen LogP contribution in [0.2, 0.25) is 0 Å². The van der Waals surface area contributed by atoms with Crippen molar-refractivity contribution in [2.24, 2.45) is 0 Å². The molecular weight excluding hydrogens is 599 g/mol. The monoisotopic (exact) mass is 632 g/mol. The van der Waals surface area contributed by atoms with E-state index in [0.29, 0.717) is 0 Å². The summed E-state index contributed by atoms with van der Waals surface area (Å²) < 4.78 is 25.8. The van der Waals surface area contributed by atoms with Crippen molar-refractivity contribution in [3.63, 3.8) is 0 Å². The lowest BCUT2D eigenvalue weighted by atomic mass is 9.88. The maximum Gasteiger partial charge on any atom is 0.469 e. The van der Waals surface area contributed by atoms with E-state index in [-0.39, 0.29) is 5.82 Å². The molecule has 1 aromatic heterocycles. The molecule has 240 valence electrons. The van der Waals surface area contributed by atoms with Gasteiger partial charge in [-0.2, -0.15) is 4.98 Å². The van der Waals surface area contributed by atoms with Crippen LogP contribution in [0.3, 0.4) is 0 Å². The predicted molar refractivity (Wildman–Crippen MR) is 132 cm³/mol. The number of amides is 1. The van der Waals surface area contributed by atoms with Crippen LogP contribution in [0.25, 0.3) is 0 Å². The third-order valence-corrected chi connectivity index (χ3v) is 6.56. The van der Waals surface area contributed by atoms with Crippen LogP contribution in [0, 0.1) is 0 Å². The third-order valence-electron chi connectivity index (χ3n) is 6.08. The van der Waals surface area contributed by atoms with Crippen molar-refractivity contribution in [2.45, 2.75) is 74.1 Å². The van der Waals surface area contributed by atoms with Gasteiger partial charge in [-0.25, -0.2) is 14.2 Å². The maximum atomic E-state index is 11.6. The molecule has 0 aliphatic carbocycles. The van der Waals surface area contributed by atoms with Crippen LogP contribution in [-0.2, 0) is 28.2 Å². The van der Waals surface area contributed by atoms with Gasteiger partial charge in [-0.05, 0) is 6.07 Å². The van der Waals surface area contributed by atoms with Crippen molar-refractivity contribution >= 4 is 25.5 Å². The number of carbonyl (C=O) groups is 2. The number of ether oxygens (including phenoxy) is 2. The van der Waals surface area contributed by atoms with Gasteiger partial charge in [-0.3, -0.25) is 13.9 Å². The molecule has 3 rings (SSSR count). The minimum absolute atomic E-state index is 0.0225. The number of phosphoric acid groups is 1. The number of hydrogen-bond donors (Lipinski definition) is 12. The fourth-order valence-corrected chi connectivity index (χ4v) is 4.36. The van der Waals surface area contributed by atoms with Gasteiger partial charge in [0.05, 0.1) is 25.4 Å². The Bertz CT molecular complexity index is 1200. The van der Waals surface area contributed by atoms with Gasteiger partial charge in [0.15, 0.2) is 6.23 Å². The average Bonchev–Trinajstić information content (AvgIpc) is 3.16. The number of phosphoric ester groups is 1. The summed E-state index contributed by atoms with van der Waals surface area (Å²) in [4.78, 5) is 54.4. The molecule has 1 aromatic rings. The van der Waals surface area contributed by atoms with E-state index in [9.17, 15) is 49.6 Å². The number of nitrogens with two attached hydrogens (primary N) is 1. The molecule has 13 N–H and O–H groups in total. The molecular formula is C20H33N4O17P. The van der Waals surface area contributed by atoms with Crippen LogP contribution < -0.4 is 16.7 Å². The SMILES string of the molecule is CC(=O)N[C@H]1C([C@H](O)[C@H](O)CO)O[C@](O)(C(=O)O)C[C@@H]1O.Nc1ccn([C@@H]2O[C@H](COP(=O)(O)O)[C@@H](O)[C@H]2O)c(=O)n1. The molecule has 3 heterocycles. The first-order valence-electron chi connectivity index (χ1n) is 11.9. The first kappa shape index (κ1) is 35.6. The topological polar surface area (TPSA) is 354 Å². The molecule has 1 amide bonds. The predicted octanol–water partition coefficient (Wildman–Crippen LogP) is -6.32. The summed E-state index contributed by atoms with van der Waals surface area (Å²) in [7, 11) is -4.74. The number of aromatic nitrogens is 2. The fourth-order valence-electron chi connectivity index (χ4n) is 4.02. The number of aliphatic carboxylic acids is 1. The van der Waals surface area contributed by atoms with Gasteiger partial charge in [0, 0.05) is 19.5 Å². The second-order valence-electron chi connectivity index (χ2n) is 9.29. The fraction of sp³-hybridized carbons (Fsp3) is 0.700. The van der Waals surface area contributed by atoms with Gasteiger partial charge >= 0.3 is 19.5 Å². The molecule has 21 nitrogen and oxygen atoms in total. The van der Waals surface area contributed by atoms with Crippen LogP contribution in [0.5, 0.6) is 0 Å².